The number of amides is 2. The Bertz CT molecular complexity index is 1130. The number of oxime groups is 1. The molecular weight excluding hydrogens is 468 g/mol. The molecule has 4 rings (SSSR count). The molecule has 164 valence electrons. The van der Waals surface area contributed by atoms with E-state index in [0.29, 0.717) is 10.9 Å². The maximum absolute atomic E-state index is 12.7. The number of carbonyl (C=O) groups excluding carboxylic acids is 2. The number of thiazole rings is 2. The van der Waals surface area contributed by atoms with Crippen molar-refractivity contribution >= 4 is 62.2 Å². The van der Waals surface area contributed by atoms with E-state index >= 15 is 0 Å². The summed E-state index contributed by atoms with van der Waals surface area (Å²) in [4.78, 5) is 37.0. The largest absolute Gasteiger partial charge is 0.466 e. The minimum Gasteiger partial charge on any atom is -0.466 e. The molecule has 2 aliphatic heterocycles. The fourth-order valence-corrected chi connectivity index (χ4v) is 5.45. The summed E-state index contributed by atoms with van der Waals surface area (Å²) in [5, 5.41) is 17.3. The molecule has 2 fully saturated rings. The fourth-order valence-electron chi connectivity index (χ4n) is 2.78. The van der Waals surface area contributed by atoms with Crippen molar-refractivity contribution in [1.29, 1.82) is 5.41 Å². The Kier molecular flexibility index (Phi) is 5.36. The molecule has 13 nitrogen and oxygen atoms in total. The average Bonchev–Trinajstić information content (AvgIpc) is 3.16. The smallest absolute Gasteiger partial charge is 0.276 e. The molecule has 4 heterocycles. The number of rotatable bonds is 9. The number of anilines is 1. The van der Waals surface area contributed by atoms with Gasteiger partial charge in [0.25, 0.3) is 17.0 Å². The van der Waals surface area contributed by atoms with Crippen molar-refractivity contribution in [2.24, 2.45) is 10.9 Å². The Morgan fingerprint density at radius 1 is 1.39 bits per heavy atom. The van der Waals surface area contributed by atoms with E-state index in [1.165, 1.54) is 21.0 Å². The molecule has 0 spiro atoms. The lowest BCUT2D eigenvalue weighted by Crippen LogP contribution is -2.62. The van der Waals surface area contributed by atoms with Gasteiger partial charge in [-0.25, -0.2) is 13.5 Å². The number of carbonyl (C=O) groups is 2. The molecule has 2 amide bonds. The first-order valence-electron chi connectivity index (χ1n) is 8.64. The standard InChI is InChI=1S/C15H16N8O5S3/c1-15-9(12(25)23(15)31(15)26)21-11(24)8(6-4-29-13(18)19-6)22-28-3-2-27-14-20-7(5-30-14)10(16)17/h4-5,9H,2-3H2,1H3,(H3,16,17)(H2,18,19)(H,21,24)/b22-8-/t9-,15-,23?,31?/m0/s1. The molecule has 2 aromatic heterocycles. The summed E-state index contributed by atoms with van der Waals surface area (Å²) in [6, 6.07) is -0.911. The van der Waals surface area contributed by atoms with E-state index in [1.807, 2.05) is 0 Å². The van der Waals surface area contributed by atoms with Gasteiger partial charge >= 0.3 is 0 Å². The third-order valence-electron chi connectivity index (χ3n) is 4.44. The van der Waals surface area contributed by atoms with Gasteiger partial charge in [0.15, 0.2) is 33.3 Å². The van der Waals surface area contributed by atoms with Crippen LogP contribution in [0.1, 0.15) is 18.3 Å². The lowest BCUT2D eigenvalue weighted by Gasteiger charge is -2.29. The molecule has 0 bridgehead atoms. The van der Waals surface area contributed by atoms with Crippen LogP contribution >= 0.6 is 22.7 Å². The van der Waals surface area contributed by atoms with Gasteiger partial charge in [-0.3, -0.25) is 15.0 Å². The molecular formula is C15H16N8O5S3. The molecule has 0 aliphatic carbocycles. The van der Waals surface area contributed by atoms with Crippen LogP contribution in [0.5, 0.6) is 5.19 Å². The fraction of sp³-hybridized carbons (Fsp3) is 0.333. The Morgan fingerprint density at radius 3 is 2.71 bits per heavy atom. The van der Waals surface area contributed by atoms with E-state index in [-0.39, 0.29) is 35.6 Å². The summed E-state index contributed by atoms with van der Waals surface area (Å²) >= 11 is 2.28. The Balaban J connectivity index is 1.37. The second kappa shape index (κ2) is 7.86. The molecule has 2 aromatic rings. The van der Waals surface area contributed by atoms with Crippen LogP contribution in [-0.2, 0) is 25.4 Å². The molecule has 31 heavy (non-hydrogen) atoms. The van der Waals surface area contributed by atoms with Crippen LogP contribution in [0.25, 0.3) is 0 Å². The number of amidine groups is 1. The molecule has 1 unspecified atom stereocenters. The van der Waals surface area contributed by atoms with Gasteiger partial charge in [0.05, 0.1) is 0 Å². The highest BCUT2D eigenvalue weighted by Gasteiger charge is 2.78. The Labute approximate surface area is 185 Å². The van der Waals surface area contributed by atoms with Crippen LogP contribution < -0.4 is 21.5 Å². The van der Waals surface area contributed by atoms with Gasteiger partial charge in [-0.05, 0) is 6.92 Å². The summed E-state index contributed by atoms with van der Waals surface area (Å²) in [5.74, 6) is -1.29. The van der Waals surface area contributed by atoms with Crippen LogP contribution in [0.15, 0.2) is 15.9 Å². The zero-order valence-corrected chi connectivity index (χ0v) is 18.3. The maximum atomic E-state index is 12.7. The van der Waals surface area contributed by atoms with Gasteiger partial charge in [0.1, 0.15) is 29.9 Å². The summed E-state index contributed by atoms with van der Waals surface area (Å²) in [6.07, 6.45) is 0. The number of hydrogen-bond acceptors (Lipinski definition) is 12. The summed E-state index contributed by atoms with van der Waals surface area (Å²) in [5.41, 5.74) is 11.3. The number of nitrogens with zero attached hydrogens (tertiary/aromatic N) is 4. The van der Waals surface area contributed by atoms with Crippen LogP contribution in [0.2, 0.25) is 0 Å². The molecule has 0 radical (unpaired) electrons. The van der Waals surface area contributed by atoms with E-state index in [4.69, 9.17) is 26.5 Å². The highest BCUT2D eigenvalue weighted by molar-refractivity contribution is 7.92. The van der Waals surface area contributed by atoms with Crippen molar-refractivity contribution in [2.45, 2.75) is 17.8 Å². The number of nitrogen functional groups attached to an aromatic ring is 2. The Morgan fingerprint density at radius 2 is 2.13 bits per heavy atom. The maximum Gasteiger partial charge on any atom is 0.276 e. The van der Waals surface area contributed by atoms with Gasteiger partial charge < -0.3 is 26.4 Å². The van der Waals surface area contributed by atoms with E-state index in [0.717, 1.165) is 11.3 Å². The third-order valence-corrected chi connectivity index (χ3v) is 7.71. The molecule has 2 saturated heterocycles. The predicted octanol–water partition coefficient (Wildman–Crippen LogP) is -1.01. The number of nitrogens with one attached hydrogen (secondary N) is 2. The molecule has 0 saturated carbocycles. The minimum atomic E-state index is -1.44. The lowest BCUT2D eigenvalue weighted by molar-refractivity contribution is -0.139. The molecule has 3 atom stereocenters. The second-order valence-electron chi connectivity index (χ2n) is 6.45. The second-order valence-corrected chi connectivity index (χ2v) is 9.85. The number of nitrogens with two attached hydrogens (primary N) is 2. The highest BCUT2D eigenvalue weighted by Crippen LogP contribution is 2.52. The van der Waals surface area contributed by atoms with Gasteiger partial charge in [0.2, 0.25) is 0 Å². The summed E-state index contributed by atoms with van der Waals surface area (Å²) < 4.78 is 18.4. The van der Waals surface area contributed by atoms with Gasteiger partial charge in [-0.15, -0.1) is 11.3 Å². The van der Waals surface area contributed by atoms with E-state index in [9.17, 15) is 13.8 Å². The first kappa shape index (κ1) is 21.1. The number of β-lactam (4-membered cyclic amide) rings is 1. The number of ether oxygens (including phenoxy) is 1. The van der Waals surface area contributed by atoms with Crippen LogP contribution in [-0.4, -0.2) is 66.0 Å². The van der Waals surface area contributed by atoms with Crippen molar-refractivity contribution in [3.05, 3.63) is 22.1 Å². The first-order chi connectivity index (χ1) is 14.7. The van der Waals surface area contributed by atoms with Gasteiger partial charge in [0, 0.05) is 10.8 Å². The van der Waals surface area contributed by atoms with Crippen LogP contribution in [0.4, 0.5) is 5.13 Å². The summed E-state index contributed by atoms with van der Waals surface area (Å²) in [7, 11) is -1.44. The predicted molar refractivity (Wildman–Crippen MR) is 113 cm³/mol. The van der Waals surface area contributed by atoms with Gasteiger partial charge in [-0.2, -0.15) is 4.98 Å². The van der Waals surface area contributed by atoms with Gasteiger partial charge in [-0.1, -0.05) is 16.5 Å². The van der Waals surface area contributed by atoms with E-state index in [1.54, 1.807) is 12.3 Å². The molecule has 0 aromatic carbocycles. The third kappa shape index (κ3) is 3.72. The monoisotopic (exact) mass is 484 g/mol. The SMILES string of the molecule is C[C@]12[C@@H](NC(=O)/C(=N\OCCOc3nc(C(=N)N)cs3)c3csc(N)n3)C(=O)N1S2=O. The highest BCUT2D eigenvalue weighted by atomic mass is 32.2. The molecule has 16 heteroatoms. The number of aromatic nitrogens is 2. The lowest BCUT2D eigenvalue weighted by atomic mass is 10.0. The van der Waals surface area contributed by atoms with Crippen molar-refractivity contribution in [3.63, 3.8) is 0 Å². The molecule has 6 N–H and O–H groups in total. The topological polar surface area (TPSA) is 199 Å². The average molecular weight is 485 g/mol. The zero-order valence-electron chi connectivity index (χ0n) is 15.9. The van der Waals surface area contributed by atoms with Crippen LogP contribution in [0, 0.1) is 5.41 Å². The summed E-state index contributed by atoms with van der Waals surface area (Å²) in [6.45, 7) is 1.66. The number of fused-ring (bicyclic) bond motifs is 1. The number of hydrogen-bond donors (Lipinski definition) is 4. The quantitative estimate of drug-likeness (QED) is 0.0859. The van der Waals surface area contributed by atoms with E-state index in [2.05, 4.69) is 20.4 Å². The van der Waals surface area contributed by atoms with Crippen molar-refractivity contribution in [1.82, 2.24) is 19.6 Å². The van der Waals surface area contributed by atoms with E-state index < -0.39 is 33.7 Å². The van der Waals surface area contributed by atoms with Crippen molar-refractivity contribution < 1.29 is 23.4 Å². The first-order valence-corrected chi connectivity index (χ1v) is 11.5. The molecule has 2 aliphatic rings. The normalized spacial score (nSPS) is 24.2. The zero-order chi connectivity index (χ0) is 22.3. The minimum absolute atomic E-state index is 0.0246. The van der Waals surface area contributed by atoms with Crippen molar-refractivity contribution in [2.75, 3.05) is 18.9 Å². The van der Waals surface area contributed by atoms with Crippen LogP contribution in [0.3, 0.4) is 0 Å². The Hall–Kier alpha value is -3.11. The van der Waals surface area contributed by atoms with Crippen molar-refractivity contribution in [3.8, 4) is 5.19 Å².